The van der Waals surface area contributed by atoms with Gasteiger partial charge in [-0.3, -0.25) is 0 Å². The smallest absolute Gasteiger partial charge is 1.00 e. The maximum Gasteiger partial charge on any atom is 2.00 e. The van der Waals surface area contributed by atoms with E-state index in [1.807, 2.05) is 0 Å². The molecule has 0 heterocycles. The van der Waals surface area contributed by atoms with Crippen LogP contribution in [0.25, 0.3) is 0 Å². The van der Waals surface area contributed by atoms with Gasteiger partial charge in [-0.1, -0.05) is 0 Å². The van der Waals surface area contributed by atoms with Gasteiger partial charge < -0.3 is 47.0 Å². The molecule has 0 spiro atoms. The summed E-state index contributed by atoms with van der Waals surface area (Å²) in [6, 6.07) is 0. The number of rotatable bonds is 0. The molecule has 0 amide bonds. The van der Waals surface area contributed by atoms with Crippen molar-refractivity contribution in [1.82, 2.24) is 0 Å². The Hall–Kier alpha value is 3.24. The molecule has 0 aromatic heterocycles. The molecule has 0 fully saturated rings. The van der Waals surface area contributed by atoms with Gasteiger partial charge in [0.05, 0.1) is 0 Å². The zero-order valence-corrected chi connectivity index (χ0v) is 16.2. The fourth-order valence-electron chi connectivity index (χ4n) is 0. The molecule has 15 heteroatoms. The summed E-state index contributed by atoms with van der Waals surface area (Å²) in [5.41, 5.74) is 0. The summed E-state index contributed by atoms with van der Waals surface area (Å²) in [7, 11) is 0. The van der Waals surface area contributed by atoms with Gasteiger partial charge in [0.15, 0.2) is 0 Å². The van der Waals surface area contributed by atoms with E-state index in [0.29, 0.717) is 0 Å². The van der Waals surface area contributed by atoms with Crippen LogP contribution < -0.4 is 47.0 Å². The Morgan fingerprint density at radius 1 is 0.333 bits per heavy atom. The van der Waals surface area contributed by atoms with Crippen molar-refractivity contribution in [3.8, 4) is 0 Å². The second-order valence-corrected chi connectivity index (χ2v) is 0. The van der Waals surface area contributed by atoms with Crippen LogP contribution in [0.15, 0.2) is 0 Å². The maximum atomic E-state index is 0. The van der Waals surface area contributed by atoms with E-state index in [1.54, 1.807) is 0 Å². The molecule has 85 valence electrons. The Morgan fingerprint density at radius 3 is 0.333 bits per heavy atom. The second-order valence-electron chi connectivity index (χ2n) is 0. The summed E-state index contributed by atoms with van der Waals surface area (Å²) < 4.78 is 0. The fraction of sp³-hybridized carbons (Fsp3) is 0. The van der Waals surface area contributed by atoms with Crippen molar-refractivity contribution in [2.45, 2.75) is 0 Å². The van der Waals surface area contributed by atoms with Crippen molar-refractivity contribution < 1.29 is 83.6 Å². The molecular weight excluding hydrogens is 399 g/mol. The van der Waals surface area contributed by atoms with E-state index in [2.05, 4.69) is 0 Å². The molecule has 0 bridgehead atoms. The third kappa shape index (κ3) is 382. The minimum Gasteiger partial charge on any atom is -1.00 e. The molecule has 0 aliphatic carbocycles. The van der Waals surface area contributed by atoms with Crippen molar-refractivity contribution in [3.05, 3.63) is 0 Å². The number of hydrogen-bond acceptors (Lipinski definition) is 0. The van der Waals surface area contributed by atoms with E-state index in [0.717, 1.165) is 0 Å². The molecule has 0 aliphatic rings. The predicted octanol–water partition coefficient (Wildman–Crippen LogP) is -31.1. The Morgan fingerprint density at radius 2 is 0.333 bits per heavy atom. The molecule has 0 aromatic carbocycles. The predicted molar refractivity (Wildman–Crippen MR) is 17.3 cm³/mol. The van der Waals surface area contributed by atoms with Gasteiger partial charge in [0, 0.05) is 0 Å². The summed E-state index contributed by atoms with van der Waals surface area (Å²) in [6.07, 6.45) is 0. The maximum absolute atomic E-state index is 0. The van der Waals surface area contributed by atoms with Crippen LogP contribution in [0.3, 0.4) is 0 Å². The average Bonchev–Trinajstić information content (AvgIpc) is 0. The van der Waals surface area contributed by atoms with Gasteiger partial charge in [-0.15, -0.1) is 0 Å². The van der Waals surface area contributed by atoms with Crippen molar-refractivity contribution in [2.75, 3.05) is 0 Å². The van der Waals surface area contributed by atoms with Gasteiger partial charge >= 0.3 is 120 Å². The summed E-state index contributed by atoms with van der Waals surface area (Å²) in [5, 5.41) is 0. The zero-order valence-electron chi connectivity index (χ0n) is 6.99. The molecule has 0 atom stereocenters. The van der Waals surface area contributed by atoms with Gasteiger partial charge in [-0.25, -0.2) is 0 Å². The summed E-state index contributed by atoms with van der Waals surface area (Å²) in [4.78, 5) is 0. The van der Waals surface area contributed by atoms with Gasteiger partial charge in [0.1, 0.15) is 0 Å². The van der Waals surface area contributed by atoms with Gasteiger partial charge in [-0.2, -0.15) is 0 Å². The Labute approximate surface area is 165 Å². The monoisotopic (exact) mass is 397 g/mol. The normalized spacial score (nSPS) is 0. The standard InChI is InChI=1S/Ca.10FH.2Mg.Mn.Zn/h;10*1H;;;;/q+2;;;;;;;;;;;4*+2/p-10. The molecule has 0 rings (SSSR count). The minimum absolute atomic E-state index is 0. The van der Waals surface area contributed by atoms with E-state index in [4.69, 9.17) is 0 Å². The van der Waals surface area contributed by atoms with Crippen LogP contribution in [-0.4, -0.2) is 83.8 Å². The first-order chi connectivity index (χ1) is 0. The number of halogens is 10. The first-order valence-corrected chi connectivity index (χ1v) is 0. The minimum atomic E-state index is 0. The first kappa shape index (κ1) is 518. The van der Waals surface area contributed by atoms with Crippen LogP contribution in [0, 0.1) is 0 Å². The van der Waals surface area contributed by atoms with Crippen molar-refractivity contribution >= 4 is 83.8 Å². The molecular formula is CaF10Mg2MnZn. The third-order valence-electron chi connectivity index (χ3n) is 0. The Kier molecular flexibility index (Phi) is 15000. The molecule has 1 radical (unpaired) electrons. The van der Waals surface area contributed by atoms with Crippen LogP contribution >= 0.6 is 0 Å². The SMILES string of the molecule is [Ca+2].[F-].[F-].[F-].[F-].[F-].[F-].[F-].[F-].[F-].[F-].[Mg+2].[Mg+2].[Mn+2].[Zn+2]. The molecule has 0 saturated heterocycles. The van der Waals surface area contributed by atoms with Crippen LogP contribution in [0.2, 0.25) is 0 Å². The van der Waals surface area contributed by atoms with Gasteiger partial charge in [0.2, 0.25) is 0 Å². The van der Waals surface area contributed by atoms with E-state index >= 15 is 0 Å². The molecule has 0 nitrogen and oxygen atoms in total. The Balaban J connectivity index is 0. The van der Waals surface area contributed by atoms with Gasteiger partial charge in [0.25, 0.3) is 0 Å². The summed E-state index contributed by atoms with van der Waals surface area (Å²) >= 11 is 0. The van der Waals surface area contributed by atoms with E-state index in [1.165, 1.54) is 0 Å². The van der Waals surface area contributed by atoms with Gasteiger partial charge in [-0.05, 0) is 0 Å². The summed E-state index contributed by atoms with van der Waals surface area (Å²) in [5.74, 6) is 0. The molecule has 15 heavy (non-hydrogen) atoms. The van der Waals surface area contributed by atoms with Crippen molar-refractivity contribution in [2.24, 2.45) is 0 Å². The van der Waals surface area contributed by atoms with Crippen LogP contribution in [0.4, 0.5) is 0 Å². The summed E-state index contributed by atoms with van der Waals surface area (Å²) in [6.45, 7) is 0. The average molecular weight is 399 g/mol. The quantitative estimate of drug-likeness (QED) is 0.281. The van der Waals surface area contributed by atoms with E-state index < -0.39 is 0 Å². The molecule has 0 unspecified atom stereocenters. The Bertz CT molecular complexity index is 23.4. The van der Waals surface area contributed by atoms with Crippen LogP contribution in [-0.2, 0) is 36.5 Å². The van der Waals surface area contributed by atoms with E-state index in [9.17, 15) is 0 Å². The molecule has 0 aromatic rings. The van der Waals surface area contributed by atoms with Crippen molar-refractivity contribution in [1.29, 1.82) is 0 Å². The first-order valence-electron chi connectivity index (χ1n) is 0. The largest absolute Gasteiger partial charge is 2.00 e. The second kappa shape index (κ2) is 434. The van der Waals surface area contributed by atoms with E-state index in [-0.39, 0.29) is 167 Å². The third-order valence-corrected chi connectivity index (χ3v) is 0. The topological polar surface area (TPSA) is 0 Å². The fourth-order valence-corrected chi connectivity index (χ4v) is 0. The molecule has 0 N–H and O–H groups in total. The number of hydrogen-bond donors (Lipinski definition) is 0. The van der Waals surface area contributed by atoms with Crippen molar-refractivity contribution in [3.63, 3.8) is 0 Å². The molecule has 0 saturated carbocycles. The van der Waals surface area contributed by atoms with Crippen LogP contribution in [0.5, 0.6) is 0 Å². The van der Waals surface area contributed by atoms with Crippen LogP contribution in [0.1, 0.15) is 0 Å². The zero-order chi connectivity index (χ0) is 0. The molecule has 0 aliphatic heterocycles.